The molecule has 0 radical (unpaired) electrons. The lowest BCUT2D eigenvalue weighted by Crippen LogP contribution is -2.32. The Balaban J connectivity index is 1.30. The number of fused-ring (bicyclic) bond motifs is 4. The minimum absolute atomic E-state index is 0.0803. The van der Waals surface area contributed by atoms with Crippen LogP contribution in [-0.2, 0) is 0 Å². The van der Waals surface area contributed by atoms with Gasteiger partial charge in [-0.2, -0.15) is 9.36 Å². The average Bonchev–Trinajstić information content (AvgIpc) is 3.22. The number of H-pyrrole nitrogens is 2. The number of hydrogen-bond donors (Lipinski definition) is 2. The predicted molar refractivity (Wildman–Crippen MR) is 204 cm³/mol. The highest BCUT2D eigenvalue weighted by Crippen LogP contribution is 2.31. The van der Waals surface area contributed by atoms with Gasteiger partial charge >= 0.3 is 0 Å². The summed E-state index contributed by atoms with van der Waals surface area (Å²) in [6.07, 6.45) is 3.15. The standard InChI is InChI=1S/C40H26N8O6/c1-53-25-11-7-21(8-12-25)27-17-23-5-3-15-41-33(23)43-35(27)47-39(51)31-20-32-30(19-29(31)37(49)45-47)38(50)46-48(40(32)52)36-28(22-9-13-26(54-2)14-10-22)18-24-6-4-16-42-34(24)44-36/h3-20H,1-2H3,(H,45,49)(H,46,50). The Hall–Kier alpha value is -7.74. The highest BCUT2D eigenvalue weighted by atomic mass is 16.5. The van der Waals surface area contributed by atoms with Crippen LogP contribution in [0.2, 0.25) is 0 Å². The Labute approximate surface area is 302 Å². The molecule has 0 amide bonds. The Morgan fingerprint density at radius 3 is 1.33 bits per heavy atom. The summed E-state index contributed by atoms with van der Waals surface area (Å²) in [6, 6.07) is 27.7. The molecule has 0 fully saturated rings. The maximum atomic E-state index is 14.4. The van der Waals surface area contributed by atoms with Crippen molar-refractivity contribution in [1.29, 1.82) is 0 Å². The fraction of sp³-hybridized carbons (Fsp3) is 0.0500. The van der Waals surface area contributed by atoms with Crippen molar-refractivity contribution in [1.82, 2.24) is 39.5 Å². The first-order valence-corrected chi connectivity index (χ1v) is 16.6. The maximum Gasteiger partial charge on any atom is 0.279 e. The first-order chi connectivity index (χ1) is 26.3. The summed E-state index contributed by atoms with van der Waals surface area (Å²) in [7, 11) is 3.12. The Kier molecular flexibility index (Phi) is 7.44. The van der Waals surface area contributed by atoms with Crippen molar-refractivity contribution in [2.45, 2.75) is 0 Å². The Bertz CT molecular complexity index is 3010. The predicted octanol–water partition coefficient (Wildman–Crippen LogP) is 4.91. The molecule has 6 heterocycles. The van der Waals surface area contributed by atoms with Gasteiger partial charge in [-0.15, -0.1) is 0 Å². The largest absolute Gasteiger partial charge is 0.497 e. The second kappa shape index (κ2) is 12.5. The molecule has 0 spiro atoms. The van der Waals surface area contributed by atoms with Crippen molar-refractivity contribution < 1.29 is 9.47 Å². The van der Waals surface area contributed by atoms with E-state index in [1.165, 1.54) is 12.1 Å². The van der Waals surface area contributed by atoms with E-state index < -0.39 is 22.2 Å². The number of methoxy groups -OCH3 is 2. The van der Waals surface area contributed by atoms with E-state index in [-0.39, 0.29) is 33.2 Å². The molecule has 54 heavy (non-hydrogen) atoms. The molecule has 0 unspecified atom stereocenters. The zero-order chi connectivity index (χ0) is 37.1. The lowest BCUT2D eigenvalue weighted by atomic mass is 10.0. The van der Waals surface area contributed by atoms with Gasteiger partial charge in [0.1, 0.15) is 11.5 Å². The van der Waals surface area contributed by atoms with Gasteiger partial charge in [-0.05, 0) is 83.9 Å². The van der Waals surface area contributed by atoms with Crippen molar-refractivity contribution in [2.75, 3.05) is 14.2 Å². The lowest BCUT2D eigenvalue weighted by Gasteiger charge is -2.14. The van der Waals surface area contributed by atoms with E-state index in [9.17, 15) is 19.2 Å². The van der Waals surface area contributed by atoms with E-state index in [1.54, 1.807) is 63.0 Å². The summed E-state index contributed by atoms with van der Waals surface area (Å²) < 4.78 is 12.7. The van der Waals surface area contributed by atoms with Gasteiger partial charge in [0.25, 0.3) is 22.2 Å². The molecule has 262 valence electrons. The van der Waals surface area contributed by atoms with E-state index in [0.29, 0.717) is 55.8 Å². The molecule has 0 bridgehead atoms. The third-order valence-corrected chi connectivity index (χ3v) is 9.31. The minimum Gasteiger partial charge on any atom is -0.497 e. The van der Waals surface area contributed by atoms with E-state index in [2.05, 4.69) is 20.2 Å². The molecular formula is C40H26N8O6. The number of nitrogens with zero attached hydrogens (tertiary/aromatic N) is 6. The number of hydrogen-bond acceptors (Lipinski definition) is 10. The van der Waals surface area contributed by atoms with Crippen molar-refractivity contribution >= 4 is 43.6 Å². The zero-order valence-electron chi connectivity index (χ0n) is 28.5. The second-order valence-corrected chi connectivity index (χ2v) is 12.4. The van der Waals surface area contributed by atoms with E-state index in [1.807, 2.05) is 48.5 Å². The van der Waals surface area contributed by atoms with Gasteiger partial charge in [-0.25, -0.2) is 19.9 Å². The molecule has 6 aromatic heterocycles. The summed E-state index contributed by atoms with van der Waals surface area (Å²) in [5.74, 6) is 1.48. The van der Waals surface area contributed by atoms with E-state index in [0.717, 1.165) is 9.36 Å². The monoisotopic (exact) mass is 714 g/mol. The lowest BCUT2D eigenvalue weighted by molar-refractivity contribution is 0.415. The normalized spacial score (nSPS) is 11.4. The minimum atomic E-state index is -0.678. The number of aromatic amines is 2. The third-order valence-electron chi connectivity index (χ3n) is 9.31. The van der Waals surface area contributed by atoms with Crippen LogP contribution in [0.15, 0.2) is 129 Å². The zero-order valence-corrected chi connectivity index (χ0v) is 28.5. The molecule has 9 aromatic rings. The summed E-state index contributed by atoms with van der Waals surface area (Å²) in [4.78, 5) is 74.4. The van der Waals surface area contributed by atoms with Crippen LogP contribution >= 0.6 is 0 Å². The second-order valence-electron chi connectivity index (χ2n) is 12.4. The molecule has 0 atom stereocenters. The van der Waals surface area contributed by atoms with Gasteiger partial charge in [0.2, 0.25) is 0 Å². The molecule has 3 aromatic carbocycles. The van der Waals surface area contributed by atoms with Gasteiger partial charge in [-0.1, -0.05) is 24.3 Å². The molecular weight excluding hydrogens is 688 g/mol. The fourth-order valence-corrected chi connectivity index (χ4v) is 6.59. The van der Waals surface area contributed by atoms with Crippen LogP contribution < -0.4 is 31.7 Å². The van der Waals surface area contributed by atoms with Gasteiger partial charge in [0.15, 0.2) is 22.9 Å². The maximum absolute atomic E-state index is 14.4. The Morgan fingerprint density at radius 1 is 0.519 bits per heavy atom. The van der Waals surface area contributed by atoms with Crippen LogP contribution in [0.25, 0.3) is 77.5 Å². The summed E-state index contributed by atoms with van der Waals surface area (Å²) in [5.41, 5.74) is 0.402. The molecule has 0 aliphatic carbocycles. The quantitative estimate of drug-likeness (QED) is 0.225. The first-order valence-electron chi connectivity index (χ1n) is 16.6. The number of nitrogens with one attached hydrogen (secondary N) is 2. The van der Waals surface area contributed by atoms with Crippen LogP contribution in [0, 0.1) is 0 Å². The highest BCUT2D eigenvalue weighted by molar-refractivity contribution is 5.97. The van der Waals surface area contributed by atoms with Crippen molar-refractivity contribution in [3.63, 3.8) is 0 Å². The van der Waals surface area contributed by atoms with Gasteiger partial charge < -0.3 is 9.47 Å². The number of rotatable bonds is 6. The van der Waals surface area contributed by atoms with Crippen LogP contribution in [0.1, 0.15) is 0 Å². The van der Waals surface area contributed by atoms with E-state index >= 15 is 0 Å². The summed E-state index contributed by atoms with van der Waals surface area (Å²) >= 11 is 0. The van der Waals surface area contributed by atoms with Gasteiger partial charge in [-0.3, -0.25) is 29.4 Å². The topological polar surface area (TPSA) is 180 Å². The summed E-state index contributed by atoms with van der Waals surface area (Å²) in [6.45, 7) is 0. The molecule has 0 aliphatic heterocycles. The molecule has 0 saturated carbocycles. The fourth-order valence-electron chi connectivity index (χ4n) is 6.59. The summed E-state index contributed by atoms with van der Waals surface area (Å²) in [5, 5.41) is 6.31. The number of benzene rings is 3. The van der Waals surface area contributed by atoms with Crippen LogP contribution in [-0.4, -0.2) is 53.7 Å². The number of aromatic nitrogens is 8. The average molecular weight is 715 g/mol. The molecule has 14 heteroatoms. The van der Waals surface area contributed by atoms with Crippen molar-refractivity contribution in [2.24, 2.45) is 0 Å². The van der Waals surface area contributed by atoms with Gasteiger partial charge in [0, 0.05) is 34.3 Å². The number of pyridine rings is 4. The van der Waals surface area contributed by atoms with Crippen LogP contribution in [0.3, 0.4) is 0 Å². The molecule has 0 saturated heterocycles. The molecule has 0 aliphatic rings. The molecule has 14 nitrogen and oxygen atoms in total. The third kappa shape index (κ3) is 5.20. The smallest absolute Gasteiger partial charge is 0.279 e. The van der Waals surface area contributed by atoms with E-state index in [4.69, 9.17) is 19.4 Å². The Morgan fingerprint density at radius 2 is 0.926 bits per heavy atom. The highest BCUT2D eigenvalue weighted by Gasteiger charge is 2.21. The van der Waals surface area contributed by atoms with Gasteiger partial charge in [0.05, 0.1) is 35.8 Å². The molecule has 2 N–H and O–H groups in total. The van der Waals surface area contributed by atoms with Crippen LogP contribution in [0.4, 0.5) is 0 Å². The SMILES string of the molecule is COc1ccc(-c2cc3cccnc3nc2-n2[nH]c(=O)c3cc4c(=O)[nH]n(-c5nc6ncccc6cc5-c5ccc(OC)cc5)c(=O)c4cc3c2=O)cc1. The molecule has 9 rings (SSSR count). The van der Waals surface area contributed by atoms with Crippen LogP contribution in [0.5, 0.6) is 11.5 Å². The van der Waals surface area contributed by atoms with Crippen molar-refractivity contribution in [3.8, 4) is 45.4 Å². The van der Waals surface area contributed by atoms with Crippen molar-refractivity contribution in [3.05, 3.63) is 151 Å². The first kappa shape index (κ1) is 32.2. The number of ether oxygens (including phenoxy) is 2.